The normalized spacial score (nSPS) is 14.0. The van der Waals surface area contributed by atoms with E-state index in [-0.39, 0.29) is 18.6 Å². The third-order valence-corrected chi connectivity index (χ3v) is 5.63. The molecule has 0 radical (unpaired) electrons. The van der Waals surface area contributed by atoms with Gasteiger partial charge < -0.3 is 14.8 Å². The zero-order chi connectivity index (χ0) is 23.0. The Labute approximate surface area is 196 Å². The maximum atomic E-state index is 12.7. The van der Waals surface area contributed by atoms with E-state index < -0.39 is 6.09 Å². The second kappa shape index (κ2) is 11.0. The summed E-state index contributed by atoms with van der Waals surface area (Å²) in [5.41, 5.74) is 2.90. The fourth-order valence-electron chi connectivity index (χ4n) is 3.58. The van der Waals surface area contributed by atoms with Gasteiger partial charge in [-0.3, -0.25) is 14.8 Å². The van der Waals surface area contributed by atoms with Crippen molar-refractivity contribution in [3.63, 3.8) is 0 Å². The van der Waals surface area contributed by atoms with Gasteiger partial charge in [0.15, 0.2) is 0 Å². The van der Waals surface area contributed by atoms with Gasteiger partial charge in [0.1, 0.15) is 12.3 Å². The van der Waals surface area contributed by atoms with E-state index in [9.17, 15) is 9.59 Å². The van der Waals surface area contributed by atoms with Crippen molar-refractivity contribution in [2.45, 2.75) is 32.0 Å². The van der Waals surface area contributed by atoms with E-state index >= 15 is 0 Å². The molecule has 4 rings (SSSR count). The minimum absolute atomic E-state index is 0.150. The Morgan fingerprint density at radius 2 is 1.73 bits per heavy atom. The Balaban J connectivity index is 1.25. The number of halogens is 1. The molecule has 8 nitrogen and oxygen atoms in total. The number of rotatable bonds is 7. The summed E-state index contributed by atoms with van der Waals surface area (Å²) >= 11 is 5.85. The van der Waals surface area contributed by atoms with Gasteiger partial charge in [-0.15, -0.1) is 0 Å². The number of ether oxygens (including phenoxy) is 2. The number of carbonyl (C=O) groups excluding carboxylic acids is 2. The first kappa shape index (κ1) is 22.8. The van der Waals surface area contributed by atoms with Crippen molar-refractivity contribution in [1.29, 1.82) is 0 Å². The minimum atomic E-state index is -0.549. The molecule has 0 bridgehead atoms. The van der Waals surface area contributed by atoms with E-state index in [0.717, 1.165) is 24.0 Å². The van der Waals surface area contributed by atoms with Crippen molar-refractivity contribution in [2.75, 3.05) is 18.5 Å². The van der Waals surface area contributed by atoms with Crippen molar-refractivity contribution in [1.82, 2.24) is 15.1 Å². The maximum Gasteiger partial charge on any atom is 0.411 e. The van der Waals surface area contributed by atoms with E-state index in [1.807, 2.05) is 12.1 Å². The standard InChI is InChI=1S/C24H25ClN4O4/c25-19-5-1-18(2-6-19)16-33-24(31)28-20-7-3-17(4-8-20)15-26-23(30)22-9-12-27-29(22)21-10-13-32-14-11-21/h1-9,12,21H,10-11,13-16H2,(H,26,30)(H,28,31). The quantitative estimate of drug-likeness (QED) is 0.529. The fourth-order valence-corrected chi connectivity index (χ4v) is 3.70. The third kappa shape index (κ3) is 6.34. The minimum Gasteiger partial charge on any atom is -0.444 e. The number of aromatic nitrogens is 2. The molecule has 1 aromatic heterocycles. The van der Waals surface area contributed by atoms with E-state index in [4.69, 9.17) is 21.1 Å². The first-order chi connectivity index (χ1) is 16.1. The van der Waals surface area contributed by atoms with Gasteiger partial charge in [-0.2, -0.15) is 5.10 Å². The molecule has 1 fully saturated rings. The number of amides is 2. The van der Waals surface area contributed by atoms with Crippen LogP contribution in [0, 0.1) is 0 Å². The van der Waals surface area contributed by atoms with E-state index in [1.165, 1.54) is 0 Å². The van der Waals surface area contributed by atoms with Crippen molar-refractivity contribution in [3.8, 4) is 0 Å². The Morgan fingerprint density at radius 3 is 2.45 bits per heavy atom. The van der Waals surface area contributed by atoms with Crippen molar-refractivity contribution in [2.24, 2.45) is 0 Å². The van der Waals surface area contributed by atoms with Crippen LogP contribution >= 0.6 is 11.6 Å². The number of carbonyl (C=O) groups is 2. The fraction of sp³-hybridized carbons (Fsp3) is 0.292. The van der Waals surface area contributed by atoms with Crippen LogP contribution in [0.2, 0.25) is 5.02 Å². The van der Waals surface area contributed by atoms with Crippen LogP contribution in [0.15, 0.2) is 60.8 Å². The third-order valence-electron chi connectivity index (χ3n) is 5.38. The van der Waals surface area contributed by atoms with Crippen molar-refractivity contribution >= 4 is 29.3 Å². The molecular weight excluding hydrogens is 444 g/mol. The lowest BCUT2D eigenvalue weighted by molar-refractivity contribution is 0.0641. The maximum absolute atomic E-state index is 12.7. The summed E-state index contributed by atoms with van der Waals surface area (Å²) in [5.74, 6) is -0.174. The lowest BCUT2D eigenvalue weighted by Crippen LogP contribution is -2.29. The second-order valence-electron chi connectivity index (χ2n) is 7.71. The van der Waals surface area contributed by atoms with Gasteiger partial charge in [0.2, 0.25) is 0 Å². The number of nitrogens with zero attached hydrogens (tertiary/aromatic N) is 2. The lowest BCUT2D eigenvalue weighted by atomic mass is 10.1. The molecule has 1 aliphatic heterocycles. The van der Waals surface area contributed by atoms with Gasteiger partial charge in [0, 0.05) is 36.7 Å². The Morgan fingerprint density at radius 1 is 1.03 bits per heavy atom. The number of anilines is 1. The van der Waals surface area contributed by atoms with Gasteiger partial charge in [0.05, 0.1) is 6.04 Å². The summed E-state index contributed by atoms with van der Waals surface area (Å²) in [6.07, 6.45) is 2.79. The molecule has 0 aliphatic carbocycles. The molecule has 3 aromatic rings. The summed E-state index contributed by atoms with van der Waals surface area (Å²) in [7, 11) is 0. The number of hydrogen-bond acceptors (Lipinski definition) is 5. The average Bonchev–Trinajstić information content (AvgIpc) is 3.34. The van der Waals surface area contributed by atoms with Crippen molar-refractivity contribution in [3.05, 3.63) is 82.6 Å². The number of nitrogens with one attached hydrogen (secondary N) is 2. The summed E-state index contributed by atoms with van der Waals surface area (Å²) in [6.45, 7) is 1.87. The molecule has 33 heavy (non-hydrogen) atoms. The highest BCUT2D eigenvalue weighted by Crippen LogP contribution is 2.21. The molecule has 2 N–H and O–H groups in total. The molecule has 2 heterocycles. The zero-order valence-corrected chi connectivity index (χ0v) is 18.8. The van der Waals surface area contributed by atoms with Crippen LogP contribution in [0.3, 0.4) is 0 Å². The van der Waals surface area contributed by atoms with E-state index in [0.29, 0.717) is 36.2 Å². The highest BCUT2D eigenvalue weighted by molar-refractivity contribution is 6.30. The molecule has 0 saturated carbocycles. The molecule has 0 atom stereocenters. The number of benzene rings is 2. The lowest BCUT2D eigenvalue weighted by Gasteiger charge is -2.23. The van der Waals surface area contributed by atoms with Crippen LogP contribution in [-0.2, 0) is 22.6 Å². The summed E-state index contributed by atoms with van der Waals surface area (Å²) in [4.78, 5) is 24.7. The Bertz CT molecular complexity index is 1080. The van der Waals surface area contributed by atoms with Gasteiger partial charge in [-0.05, 0) is 54.3 Å². The van der Waals surface area contributed by atoms with Gasteiger partial charge >= 0.3 is 6.09 Å². The van der Waals surface area contributed by atoms with E-state index in [1.54, 1.807) is 53.3 Å². The molecule has 172 valence electrons. The molecule has 2 amide bonds. The largest absolute Gasteiger partial charge is 0.444 e. The summed E-state index contributed by atoms with van der Waals surface area (Å²) in [5, 5.41) is 10.6. The van der Waals surface area contributed by atoms with Crippen LogP contribution in [-0.4, -0.2) is 35.0 Å². The van der Waals surface area contributed by atoms with Crippen LogP contribution in [0.25, 0.3) is 0 Å². The Hall–Kier alpha value is -3.36. The zero-order valence-electron chi connectivity index (χ0n) is 18.0. The predicted octanol–water partition coefficient (Wildman–Crippen LogP) is 4.57. The van der Waals surface area contributed by atoms with Gasteiger partial charge in [-0.1, -0.05) is 35.9 Å². The molecule has 2 aromatic carbocycles. The monoisotopic (exact) mass is 468 g/mol. The first-order valence-corrected chi connectivity index (χ1v) is 11.1. The van der Waals surface area contributed by atoms with Crippen LogP contribution in [0.1, 0.15) is 40.5 Å². The van der Waals surface area contributed by atoms with E-state index in [2.05, 4.69) is 15.7 Å². The van der Waals surface area contributed by atoms with Crippen LogP contribution in [0.4, 0.5) is 10.5 Å². The average molecular weight is 469 g/mol. The predicted molar refractivity (Wildman–Crippen MR) is 124 cm³/mol. The SMILES string of the molecule is O=C(Nc1ccc(CNC(=O)c2ccnn2C2CCOCC2)cc1)OCc1ccc(Cl)cc1. The van der Waals surface area contributed by atoms with Crippen LogP contribution in [0.5, 0.6) is 0 Å². The number of hydrogen-bond donors (Lipinski definition) is 2. The van der Waals surface area contributed by atoms with Gasteiger partial charge in [0.25, 0.3) is 5.91 Å². The Kier molecular flexibility index (Phi) is 7.59. The molecule has 1 saturated heterocycles. The summed E-state index contributed by atoms with van der Waals surface area (Å²) in [6, 6.07) is 16.2. The highest BCUT2D eigenvalue weighted by Gasteiger charge is 2.21. The topological polar surface area (TPSA) is 94.5 Å². The molecule has 9 heteroatoms. The second-order valence-corrected chi connectivity index (χ2v) is 8.15. The summed E-state index contributed by atoms with van der Waals surface area (Å²) < 4.78 is 12.4. The first-order valence-electron chi connectivity index (χ1n) is 10.7. The molecule has 0 spiro atoms. The van der Waals surface area contributed by atoms with Crippen molar-refractivity contribution < 1.29 is 19.1 Å². The highest BCUT2D eigenvalue weighted by atomic mass is 35.5. The smallest absolute Gasteiger partial charge is 0.411 e. The molecule has 1 aliphatic rings. The molecular formula is C24H25ClN4O4. The van der Waals surface area contributed by atoms with Crippen LogP contribution < -0.4 is 10.6 Å². The van der Waals surface area contributed by atoms with Gasteiger partial charge in [-0.25, -0.2) is 4.79 Å². The molecule has 0 unspecified atom stereocenters.